The van der Waals surface area contributed by atoms with Crippen molar-refractivity contribution in [3.8, 4) is 22.8 Å². The van der Waals surface area contributed by atoms with Crippen molar-refractivity contribution in [3.63, 3.8) is 0 Å². The zero-order chi connectivity index (χ0) is 13.3. The lowest BCUT2D eigenvalue weighted by Crippen LogP contribution is -1.92. The highest BCUT2D eigenvalue weighted by atomic mass is 19.3. The van der Waals surface area contributed by atoms with Crippen LogP contribution < -0.4 is 10.5 Å². The number of alkyl halides is 2. The van der Waals surface area contributed by atoms with Gasteiger partial charge in [-0.3, -0.25) is 0 Å². The molecule has 0 aliphatic rings. The zero-order valence-corrected chi connectivity index (χ0v) is 9.35. The van der Waals surface area contributed by atoms with Crippen LogP contribution in [0.5, 0.6) is 11.5 Å². The third kappa shape index (κ3) is 2.06. The number of hydrogen-bond donors (Lipinski definition) is 2. The first-order chi connectivity index (χ1) is 8.52. The van der Waals surface area contributed by atoms with Gasteiger partial charge in [0.05, 0.1) is 12.7 Å². The Morgan fingerprint density at radius 3 is 2.61 bits per heavy atom. The number of phenols is 1. The number of nitrogens with two attached hydrogens (primary N) is 1. The van der Waals surface area contributed by atoms with E-state index in [0.29, 0.717) is 0 Å². The number of aromatic nitrogens is 1. The van der Waals surface area contributed by atoms with E-state index in [2.05, 4.69) is 9.68 Å². The molecule has 0 saturated carbocycles. The number of methoxy groups -OCH3 is 1. The fourth-order valence-corrected chi connectivity index (χ4v) is 1.53. The van der Waals surface area contributed by atoms with E-state index < -0.39 is 17.7 Å². The second kappa shape index (κ2) is 4.52. The Morgan fingerprint density at radius 2 is 2.11 bits per heavy atom. The highest BCUT2D eigenvalue weighted by Gasteiger charge is 2.20. The van der Waals surface area contributed by atoms with Crippen LogP contribution in [-0.4, -0.2) is 17.4 Å². The maximum Gasteiger partial charge on any atom is 0.267 e. The third-order valence-corrected chi connectivity index (χ3v) is 2.39. The first-order valence-electron chi connectivity index (χ1n) is 4.94. The first kappa shape index (κ1) is 12.2. The standard InChI is InChI=1S/C11H10F2N2O3/c1-17-5-2-6(8-4-9(14)18-15-8)10(16)7(3-5)11(12)13/h2-4,11,16H,14H2,1H3. The first-order valence-corrected chi connectivity index (χ1v) is 4.94. The summed E-state index contributed by atoms with van der Waals surface area (Å²) in [5, 5.41) is 13.3. The molecule has 7 heteroatoms. The predicted molar refractivity (Wildman–Crippen MR) is 59.5 cm³/mol. The highest BCUT2D eigenvalue weighted by molar-refractivity contribution is 5.72. The number of nitrogens with zero attached hydrogens (tertiary/aromatic N) is 1. The summed E-state index contributed by atoms with van der Waals surface area (Å²) in [5.74, 6) is -0.371. The fourth-order valence-electron chi connectivity index (χ4n) is 1.53. The number of nitrogen functional groups attached to an aromatic ring is 1. The predicted octanol–water partition coefficient (Wildman–Crippen LogP) is 2.58. The van der Waals surface area contributed by atoms with Gasteiger partial charge in [0.1, 0.15) is 17.2 Å². The van der Waals surface area contributed by atoms with E-state index in [9.17, 15) is 13.9 Å². The van der Waals surface area contributed by atoms with Crippen LogP contribution in [0.4, 0.5) is 14.7 Å². The Bertz CT molecular complexity index is 569. The van der Waals surface area contributed by atoms with Crippen molar-refractivity contribution in [1.82, 2.24) is 5.16 Å². The van der Waals surface area contributed by atoms with Crippen molar-refractivity contribution in [2.75, 3.05) is 12.8 Å². The Hall–Kier alpha value is -2.31. The fraction of sp³-hybridized carbons (Fsp3) is 0.182. The third-order valence-electron chi connectivity index (χ3n) is 2.39. The largest absolute Gasteiger partial charge is 0.507 e. The smallest absolute Gasteiger partial charge is 0.267 e. The maximum atomic E-state index is 12.8. The number of anilines is 1. The van der Waals surface area contributed by atoms with E-state index in [1.807, 2.05) is 0 Å². The minimum atomic E-state index is -2.83. The van der Waals surface area contributed by atoms with E-state index in [4.69, 9.17) is 10.5 Å². The van der Waals surface area contributed by atoms with Crippen molar-refractivity contribution in [1.29, 1.82) is 0 Å². The molecule has 0 unspecified atom stereocenters. The van der Waals surface area contributed by atoms with Crippen molar-refractivity contribution >= 4 is 5.88 Å². The lowest BCUT2D eigenvalue weighted by Gasteiger charge is -2.10. The molecule has 0 aliphatic carbocycles. The normalized spacial score (nSPS) is 10.9. The number of benzene rings is 1. The molecule has 0 bridgehead atoms. The van der Waals surface area contributed by atoms with Crippen LogP contribution in [0, 0.1) is 0 Å². The zero-order valence-electron chi connectivity index (χ0n) is 9.35. The van der Waals surface area contributed by atoms with Crippen LogP contribution in [0.25, 0.3) is 11.3 Å². The van der Waals surface area contributed by atoms with Gasteiger partial charge < -0.3 is 20.1 Å². The minimum absolute atomic E-state index is 0.0193. The SMILES string of the molecule is COc1cc(-c2cc(N)on2)c(O)c(C(F)F)c1. The Labute approximate surface area is 101 Å². The molecule has 1 aromatic carbocycles. The van der Waals surface area contributed by atoms with Crippen molar-refractivity contribution in [3.05, 3.63) is 23.8 Å². The van der Waals surface area contributed by atoms with Gasteiger partial charge in [0.2, 0.25) is 5.88 Å². The molecule has 0 saturated heterocycles. The van der Waals surface area contributed by atoms with Crippen LogP contribution >= 0.6 is 0 Å². The Morgan fingerprint density at radius 1 is 1.39 bits per heavy atom. The number of phenolic OH excluding ortho intramolecular Hbond substituents is 1. The van der Waals surface area contributed by atoms with Gasteiger partial charge in [-0.1, -0.05) is 5.16 Å². The van der Waals surface area contributed by atoms with Crippen LogP contribution in [-0.2, 0) is 0 Å². The lowest BCUT2D eigenvalue weighted by atomic mass is 10.1. The van der Waals surface area contributed by atoms with E-state index in [0.717, 1.165) is 6.07 Å². The van der Waals surface area contributed by atoms with Crippen molar-refractivity contribution in [2.45, 2.75) is 6.43 Å². The molecule has 0 radical (unpaired) electrons. The molecule has 3 N–H and O–H groups in total. The molecular formula is C11H10F2N2O3. The molecule has 1 aromatic heterocycles. The summed E-state index contributed by atoms with van der Waals surface area (Å²) in [4.78, 5) is 0. The summed E-state index contributed by atoms with van der Waals surface area (Å²) in [6.45, 7) is 0. The average molecular weight is 256 g/mol. The molecule has 96 valence electrons. The summed E-state index contributed by atoms with van der Waals surface area (Å²) >= 11 is 0. The molecule has 0 atom stereocenters. The van der Waals surface area contributed by atoms with Crippen LogP contribution in [0.15, 0.2) is 22.7 Å². The van der Waals surface area contributed by atoms with Gasteiger partial charge in [-0.25, -0.2) is 8.78 Å². The van der Waals surface area contributed by atoms with E-state index >= 15 is 0 Å². The molecule has 0 amide bonds. The summed E-state index contributed by atoms with van der Waals surface area (Å²) in [6.07, 6.45) is -2.83. The highest BCUT2D eigenvalue weighted by Crippen LogP contribution is 2.40. The molecule has 5 nitrogen and oxygen atoms in total. The Balaban J connectivity index is 2.62. The van der Waals surface area contributed by atoms with Crippen molar-refractivity contribution in [2.24, 2.45) is 0 Å². The van der Waals surface area contributed by atoms with E-state index in [1.54, 1.807) is 0 Å². The average Bonchev–Trinajstić information content (AvgIpc) is 2.75. The van der Waals surface area contributed by atoms with E-state index in [1.165, 1.54) is 19.2 Å². The Kier molecular flexibility index (Phi) is 3.05. The number of ether oxygens (including phenoxy) is 1. The number of hydrogen-bond acceptors (Lipinski definition) is 5. The van der Waals surface area contributed by atoms with Crippen molar-refractivity contribution < 1.29 is 23.1 Å². The topological polar surface area (TPSA) is 81.5 Å². The summed E-state index contributed by atoms with van der Waals surface area (Å²) in [5.41, 5.74) is 5.04. The number of aromatic hydroxyl groups is 1. The summed E-state index contributed by atoms with van der Waals surface area (Å²) < 4.78 is 35.1. The molecule has 0 aliphatic heterocycles. The quantitative estimate of drug-likeness (QED) is 0.882. The maximum absolute atomic E-state index is 12.8. The van der Waals surface area contributed by atoms with Crippen LogP contribution in [0.3, 0.4) is 0 Å². The second-order valence-corrected chi connectivity index (χ2v) is 3.53. The van der Waals surface area contributed by atoms with Gasteiger partial charge in [-0.05, 0) is 12.1 Å². The molecule has 0 fully saturated rings. The molecular weight excluding hydrogens is 246 g/mol. The van der Waals surface area contributed by atoms with Gasteiger partial charge in [0.15, 0.2) is 0 Å². The van der Waals surface area contributed by atoms with Gasteiger partial charge in [0.25, 0.3) is 6.43 Å². The molecule has 0 spiro atoms. The number of halogens is 2. The lowest BCUT2D eigenvalue weighted by molar-refractivity contribution is 0.147. The monoisotopic (exact) mass is 256 g/mol. The van der Waals surface area contributed by atoms with Gasteiger partial charge in [-0.2, -0.15) is 0 Å². The second-order valence-electron chi connectivity index (χ2n) is 3.53. The van der Waals surface area contributed by atoms with E-state index in [-0.39, 0.29) is 22.9 Å². The molecule has 2 rings (SSSR count). The van der Waals surface area contributed by atoms with Crippen LogP contribution in [0.1, 0.15) is 12.0 Å². The summed E-state index contributed by atoms with van der Waals surface area (Å²) in [6, 6.07) is 3.76. The number of rotatable bonds is 3. The summed E-state index contributed by atoms with van der Waals surface area (Å²) in [7, 11) is 1.34. The van der Waals surface area contributed by atoms with Crippen LogP contribution in [0.2, 0.25) is 0 Å². The molecule has 1 heterocycles. The minimum Gasteiger partial charge on any atom is -0.507 e. The van der Waals surface area contributed by atoms with Gasteiger partial charge in [0, 0.05) is 11.6 Å². The molecule has 2 aromatic rings. The van der Waals surface area contributed by atoms with Gasteiger partial charge in [-0.15, -0.1) is 0 Å². The van der Waals surface area contributed by atoms with Gasteiger partial charge >= 0.3 is 0 Å². The molecule has 18 heavy (non-hydrogen) atoms.